The van der Waals surface area contributed by atoms with E-state index < -0.39 is 0 Å². The van der Waals surface area contributed by atoms with Crippen LogP contribution in [0.25, 0.3) is 10.2 Å². The molecule has 8 nitrogen and oxygen atoms in total. The second kappa shape index (κ2) is 8.43. The lowest BCUT2D eigenvalue weighted by molar-refractivity contribution is -0.133. The first-order chi connectivity index (χ1) is 14.4. The van der Waals surface area contributed by atoms with E-state index in [2.05, 4.69) is 17.2 Å². The number of furan rings is 1. The van der Waals surface area contributed by atoms with Crippen LogP contribution in [0.5, 0.6) is 0 Å². The molecule has 1 aliphatic heterocycles. The molecule has 4 rings (SSSR count). The van der Waals surface area contributed by atoms with Crippen molar-refractivity contribution in [3.63, 3.8) is 0 Å². The molecule has 0 saturated carbocycles. The van der Waals surface area contributed by atoms with Gasteiger partial charge in [-0.15, -0.1) is 11.3 Å². The van der Waals surface area contributed by atoms with Crippen LogP contribution in [0.15, 0.2) is 33.9 Å². The summed E-state index contributed by atoms with van der Waals surface area (Å²) in [5.41, 5.74) is 0.287. The fraction of sp³-hybridized carbons (Fsp3) is 0.429. The zero-order chi connectivity index (χ0) is 21.3. The number of piperidine rings is 1. The average Bonchev–Trinajstić information content (AvgIpc) is 3.36. The lowest BCUT2D eigenvalue weighted by Gasteiger charge is -2.31. The van der Waals surface area contributed by atoms with Crippen LogP contribution in [0.1, 0.15) is 40.8 Å². The van der Waals surface area contributed by atoms with Gasteiger partial charge in [0, 0.05) is 13.1 Å². The maximum absolute atomic E-state index is 13.0. The number of likely N-dealkylation sites (tertiary alicyclic amines) is 1. The number of amides is 2. The van der Waals surface area contributed by atoms with Gasteiger partial charge in [-0.1, -0.05) is 6.92 Å². The third-order valence-electron chi connectivity index (χ3n) is 5.44. The van der Waals surface area contributed by atoms with E-state index in [0.29, 0.717) is 32.3 Å². The largest absolute Gasteiger partial charge is 0.467 e. The molecule has 0 aromatic carbocycles. The zero-order valence-corrected chi connectivity index (χ0v) is 17.8. The second-order valence-electron chi connectivity index (χ2n) is 7.76. The van der Waals surface area contributed by atoms with Gasteiger partial charge < -0.3 is 14.6 Å². The molecule has 1 saturated heterocycles. The Morgan fingerprint density at radius 1 is 1.40 bits per heavy atom. The molecule has 1 fully saturated rings. The Morgan fingerprint density at radius 3 is 2.97 bits per heavy atom. The number of carbonyl (C=O) groups excluding carboxylic acids is 2. The number of aromatic nitrogens is 2. The van der Waals surface area contributed by atoms with Gasteiger partial charge in [0.1, 0.15) is 17.1 Å². The summed E-state index contributed by atoms with van der Waals surface area (Å²) in [4.78, 5) is 45.4. The summed E-state index contributed by atoms with van der Waals surface area (Å²) in [6.45, 7) is 5.55. The van der Waals surface area contributed by atoms with Crippen molar-refractivity contribution in [3.8, 4) is 0 Å². The highest BCUT2D eigenvalue weighted by Gasteiger charge is 2.23. The standard InChI is InChI=1S/C21H24N4O4S/c1-13-5-3-7-24(10-13)16(26)11-25-12-23-20-17(21(25)28)14(2)18(30-20)19(27)22-9-15-6-4-8-29-15/h4,6,8,12-13H,3,5,7,9-11H2,1-2H3,(H,22,27). The molecule has 2 amide bonds. The predicted molar refractivity (Wildman–Crippen MR) is 113 cm³/mol. The molecule has 1 aliphatic rings. The van der Waals surface area contributed by atoms with E-state index in [1.807, 2.05) is 4.90 Å². The Balaban J connectivity index is 1.55. The molecule has 0 aliphatic carbocycles. The van der Waals surface area contributed by atoms with Crippen molar-refractivity contribution in [1.29, 1.82) is 0 Å². The van der Waals surface area contributed by atoms with Crippen molar-refractivity contribution in [2.75, 3.05) is 13.1 Å². The normalized spacial score (nSPS) is 16.7. The summed E-state index contributed by atoms with van der Waals surface area (Å²) in [5.74, 6) is 0.764. The lowest BCUT2D eigenvalue weighted by atomic mass is 10.0. The zero-order valence-electron chi connectivity index (χ0n) is 17.0. The number of aryl methyl sites for hydroxylation is 1. The van der Waals surface area contributed by atoms with E-state index >= 15 is 0 Å². The summed E-state index contributed by atoms with van der Waals surface area (Å²) in [5, 5.41) is 3.19. The average molecular weight is 429 g/mol. The maximum atomic E-state index is 13.0. The number of carbonyl (C=O) groups is 2. The van der Waals surface area contributed by atoms with Gasteiger partial charge in [0.05, 0.1) is 29.4 Å². The number of nitrogens with zero attached hydrogens (tertiary/aromatic N) is 3. The van der Waals surface area contributed by atoms with Crippen molar-refractivity contribution in [2.24, 2.45) is 5.92 Å². The number of hydrogen-bond acceptors (Lipinski definition) is 6. The van der Waals surface area contributed by atoms with E-state index in [-0.39, 0.29) is 30.5 Å². The van der Waals surface area contributed by atoms with Gasteiger partial charge in [-0.3, -0.25) is 19.0 Å². The first-order valence-corrected chi connectivity index (χ1v) is 10.8. The Labute approximate surface area is 177 Å². The van der Waals surface area contributed by atoms with Crippen molar-refractivity contribution >= 4 is 33.4 Å². The maximum Gasteiger partial charge on any atom is 0.262 e. The van der Waals surface area contributed by atoms with E-state index in [4.69, 9.17) is 4.42 Å². The summed E-state index contributed by atoms with van der Waals surface area (Å²) in [6, 6.07) is 3.53. The molecular weight excluding hydrogens is 404 g/mol. The van der Waals surface area contributed by atoms with Crippen LogP contribution in [0.2, 0.25) is 0 Å². The Hall–Kier alpha value is -2.94. The van der Waals surface area contributed by atoms with Gasteiger partial charge in [0.2, 0.25) is 5.91 Å². The number of rotatable bonds is 5. The van der Waals surface area contributed by atoms with Gasteiger partial charge >= 0.3 is 0 Å². The topological polar surface area (TPSA) is 97.4 Å². The van der Waals surface area contributed by atoms with Crippen LogP contribution in [-0.4, -0.2) is 39.4 Å². The van der Waals surface area contributed by atoms with Crippen molar-refractivity contribution in [3.05, 3.63) is 51.3 Å². The van der Waals surface area contributed by atoms with Gasteiger partial charge in [0.25, 0.3) is 11.5 Å². The Bertz CT molecular complexity index is 1130. The fourth-order valence-electron chi connectivity index (χ4n) is 3.81. The van der Waals surface area contributed by atoms with Gasteiger partial charge in [-0.05, 0) is 43.4 Å². The second-order valence-corrected chi connectivity index (χ2v) is 8.76. The minimum absolute atomic E-state index is 0.0379. The molecule has 0 spiro atoms. The molecule has 3 aromatic heterocycles. The third-order valence-corrected chi connectivity index (χ3v) is 6.64. The van der Waals surface area contributed by atoms with E-state index in [1.54, 1.807) is 25.3 Å². The lowest BCUT2D eigenvalue weighted by Crippen LogP contribution is -2.42. The molecule has 30 heavy (non-hydrogen) atoms. The minimum atomic E-state index is -0.294. The van der Waals surface area contributed by atoms with Crippen LogP contribution < -0.4 is 10.9 Å². The first-order valence-electron chi connectivity index (χ1n) is 10.0. The van der Waals surface area contributed by atoms with E-state index in [1.165, 1.54) is 22.2 Å². The fourth-order valence-corrected chi connectivity index (χ4v) is 4.87. The smallest absolute Gasteiger partial charge is 0.262 e. The SMILES string of the molecule is Cc1c(C(=O)NCc2ccco2)sc2ncn(CC(=O)N3CCCC(C)C3)c(=O)c12. The molecule has 1 atom stereocenters. The quantitative estimate of drug-likeness (QED) is 0.674. The molecule has 158 valence electrons. The molecule has 0 bridgehead atoms. The summed E-state index contributed by atoms with van der Waals surface area (Å²) in [6.07, 6.45) is 5.05. The molecule has 4 heterocycles. The number of fused-ring (bicyclic) bond motifs is 1. The monoisotopic (exact) mass is 428 g/mol. The van der Waals surface area contributed by atoms with E-state index in [0.717, 1.165) is 25.9 Å². The van der Waals surface area contributed by atoms with Crippen molar-refractivity contribution in [2.45, 2.75) is 39.8 Å². The van der Waals surface area contributed by atoms with Gasteiger partial charge in [-0.25, -0.2) is 4.98 Å². The van der Waals surface area contributed by atoms with Crippen molar-refractivity contribution in [1.82, 2.24) is 19.8 Å². The summed E-state index contributed by atoms with van der Waals surface area (Å²) >= 11 is 1.18. The highest BCUT2D eigenvalue weighted by atomic mass is 32.1. The third kappa shape index (κ3) is 4.02. The molecule has 1 unspecified atom stereocenters. The molecule has 1 N–H and O–H groups in total. The van der Waals surface area contributed by atoms with Crippen molar-refractivity contribution < 1.29 is 14.0 Å². The molecule has 3 aromatic rings. The predicted octanol–water partition coefficient (Wildman–Crippen LogP) is 2.55. The van der Waals surface area contributed by atoms with Crippen LogP contribution in [-0.2, 0) is 17.9 Å². The summed E-state index contributed by atoms with van der Waals surface area (Å²) < 4.78 is 6.57. The molecule has 9 heteroatoms. The van der Waals surface area contributed by atoms with Gasteiger partial charge in [-0.2, -0.15) is 0 Å². The van der Waals surface area contributed by atoms with Crippen LogP contribution in [0.4, 0.5) is 0 Å². The summed E-state index contributed by atoms with van der Waals surface area (Å²) in [7, 11) is 0. The van der Waals surface area contributed by atoms with Crippen LogP contribution in [0.3, 0.4) is 0 Å². The van der Waals surface area contributed by atoms with Crippen LogP contribution >= 0.6 is 11.3 Å². The number of thiophene rings is 1. The highest BCUT2D eigenvalue weighted by Crippen LogP contribution is 2.27. The Kier molecular flexibility index (Phi) is 5.72. The number of hydrogen-bond donors (Lipinski definition) is 1. The minimum Gasteiger partial charge on any atom is -0.467 e. The molecule has 0 radical (unpaired) electrons. The number of nitrogens with one attached hydrogen (secondary N) is 1. The van der Waals surface area contributed by atoms with E-state index in [9.17, 15) is 14.4 Å². The van der Waals surface area contributed by atoms with Crippen LogP contribution in [0, 0.1) is 12.8 Å². The Morgan fingerprint density at radius 2 is 2.23 bits per heavy atom. The van der Waals surface area contributed by atoms with Gasteiger partial charge in [0.15, 0.2) is 0 Å². The highest BCUT2D eigenvalue weighted by molar-refractivity contribution is 7.20. The molecular formula is C21H24N4O4S. The first kappa shape index (κ1) is 20.3.